The number of carbonyl (C=O) groups excluding carboxylic acids is 1. The fourth-order valence-corrected chi connectivity index (χ4v) is 2.67. The van der Waals surface area contributed by atoms with Crippen LogP contribution in [0.3, 0.4) is 0 Å². The SMILES string of the molecule is CCOc1ccc(C(=O)Cc2cc(OC)c(OC)cc2Br)cc1. The second kappa shape index (κ2) is 8.02. The number of benzene rings is 2. The Morgan fingerprint density at radius 3 is 2.22 bits per heavy atom. The van der Waals surface area contributed by atoms with E-state index in [0.29, 0.717) is 23.7 Å². The predicted molar refractivity (Wildman–Crippen MR) is 92.9 cm³/mol. The molecule has 0 spiro atoms. The van der Waals surface area contributed by atoms with E-state index in [0.717, 1.165) is 15.8 Å². The summed E-state index contributed by atoms with van der Waals surface area (Å²) in [6, 6.07) is 10.8. The lowest BCUT2D eigenvalue weighted by Gasteiger charge is -2.12. The van der Waals surface area contributed by atoms with Crippen molar-refractivity contribution in [1.29, 1.82) is 0 Å². The summed E-state index contributed by atoms with van der Waals surface area (Å²) in [4.78, 5) is 12.5. The topological polar surface area (TPSA) is 44.8 Å². The van der Waals surface area contributed by atoms with Crippen molar-refractivity contribution in [3.8, 4) is 17.2 Å². The molecule has 2 aromatic rings. The van der Waals surface area contributed by atoms with Gasteiger partial charge in [-0.05, 0) is 48.9 Å². The van der Waals surface area contributed by atoms with E-state index in [9.17, 15) is 4.79 Å². The van der Waals surface area contributed by atoms with Crippen molar-refractivity contribution >= 4 is 21.7 Å². The van der Waals surface area contributed by atoms with Gasteiger partial charge in [-0.25, -0.2) is 0 Å². The molecule has 122 valence electrons. The number of carbonyl (C=O) groups is 1. The van der Waals surface area contributed by atoms with Crippen LogP contribution in [0.4, 0.5) is 0 Å². The molecule has 5 heteroatoms. The fraction of sp³-hybridized carbons (Fsp3) is 0.278. The largest absolute Gasteiger partial charge is 0.494 e. The number of ether oxygens (including phenoxy) is 3. The fourth-order valence-electron chi connectivity index (χ4n) is 2.21. The number of methoxy groups -OCH3 is 2. The van der Waals surface area contributed by atoms with Crippen LogP contribution in [-0.2, 0) is 6.42 Å². The molecule has 0 aromatic heterocycles. The van der Waals surface area contributed by atoms with Crippen LogP contribution in [0, 0.1) is 0 Å². The predicted octanol–water partition coefficient (Wildman–Crippen LogP) is 4.29. The van der Waals surface area contributed by atoms with Crippen LogP contribution in [0.5, 0.6) is 17.2 Å². The van der Waals surface area contributed by atoms with Crippen molar-refractivity contribution in [2.75, 3.05) is 20.8 Å². The maximum Gasteiger partial charge on any atom is 0.167 e. The number of hydrogen-bond donors (Lipinski definition) is 0. The van der Waals surface area contributed by atoms with Gasteiger partial charge in [0, 0.05) is 16.5 Å². The smallest absolute Gasteiger partial charge is 0.167 e. The van der Waals surface area contributed by atoms with E-state index < -0.39 is 0 Å². The Morgan fingerprint density at radius 1 is 1.04 bits per heavy atom. The Balaban J connectivity index is 2.19. The summed E-state index contributed by atoms with van der Waals surface area (Å²) >= 11 is 3.48. The van der Waals surface area contributed by atoms with Gasteiger partial charge >= 0.3 is 0 Å². The highest BCUT2D eigenvalue weighted by Gasteiger charge is 2.14. The molecule has 0 unspecified atom stereocenters. The van der Waals surface area contributed by atoms with E-state index in [1.165, 1.54) is 0 Å². The molecule has 0 radical (unpaired) electrons. The highest BCUT2D eigenvalue weighted by atomic mass is 79.9. The molecule has 0 heterocycles. The molecule has 0 saturated carbocycles. The minimum atomic E-state index is 0.0287. The summed E-state index contributed by atoms with van der Waals surface area (Å²) in [5.41, 5.74) is 1.50. The lowest BCUT2D eigenvalue weighted by Crippen LogP contribution is -2.05. The monoisotopic (exact) mass is 378 g/mol. The van der Waals surface area contributed by atoms with E-state index in [1.54, 1.807) is 44.6 Å². The number of hydrogen-bond acceptors (Lipinski definition) is 4. The summed E-state index contributed by atoms with van der Waals surface area (Å²) in [6.07, 6.45) is 0.273. The summed E-state index contributed by atoms with van der Waals surface area (Å²) < 4.78 is 16.7. The molecule has 2 aromatic carbocycles. The average molecular weight is 379 g/mol. The van der Waals surface area contributed by atoms with Gasteiger partial charge in [0.1, 0.15) is 5.75 Å². The van der Waals surface area contributed by atoms with Crippen LogP contribution in [0.15, 0.2) is 40.9 Å². The number of rotatable bonds is 7. The molecule has 0 atom stereocenters. The van der Waals surface area contributed by atoms with E-state index in [1.807, 2.05) is 13.0 Å². The van der Waals surface area contributed by atoms with Crippen LogP contribution in [0.2, 0.25) is 0 Å². The highest BCUT2D eigenvalue weighted by molar-refractivity contribution is 9.10. The minimum Gasteiger partial charge on any atom is -0.494 e. The van der Waals surface area contributed by atoms with Crippen molar-refractivity contribution in [3.05, 3.63) is 52.0 Å². The normalized spacial score (nSPS) is 10.3. The van der Waals surface area contributed by atoms with Gasteiger partial charge in [-0.15, -0.1) is 0 Å². The van der Waals surface area contributed by atoms with Gasteiger partial charge in [0.15, 0.2) is 17.3 Å². The van der Waals surface area contributed by atoms with E-state index in [2.05, 4.69) is 15.9 Å². The van der Waals surface area contributed by atoms with Crippen molar-refractivity contribution in [2.24, 2.45) is 0 Å². The van der Waals surface area contributed by atoms with Gasteiger partial charge in [-0.3, -0.25) is 4.79 Å². The zero-order valence-electron chi connectivity index (χ0n) is 13.4. The Labute approximate surface area is 144 Å². The van der Waals surface area contributed by atoms with E-state index in [-0.39, 0.29) is 12.2 Å². The van der Waals surface area contributed by atoms with Crippen LogP contribution in [-0.4, -0.2) is 26.6 Å². The van der Waals surface area contributed by atoms with Crippen LogP contribution in [0.1, 0.15) is 22.8 Å². The zero-order chi connectivity index (χ0) is 16.8. The summed E-state index contributed by atoms with van der Waals surface area (Å²) in [5.74, 6) is 2.01. The lowest BCUT2D eigenvalue weighted by atomic mass is 10.0. The highest BCUT2D eigenvalue weighted by Crippen LogP contribution is 2.33. The maximum atomic E-state index is 12.5. The van der Waals surface area contributed by atoms with Crippen molar-refractivity contribution in [1.82, 2.24) is 0 Å². The molecule has 23 heavy (non-hydrogen) atoms. The first-order valence-corrected chi connectivity index (χ1v) is 8.04. The zero-order valence-corrected chi connectivity index (χ0v) is 15.0. The molecule has 0 fully saturated rings. The van der Waals surface area contributed by atoms with Crippen LogP contribution in [0.25, 0.3) is 0 Å². The third kappa shape index (κ3) is 4.26. The van der Waals surface area contributed by atoms with Gasteiger partial charge in [-0.2, -0.15) is 0 Å². The van der Waals surface area contributed by atoms with Gasteiger partial charge in [-0.1, -0.05) is 15.9 Å². The molecule has 0 amide bonds. The van der Waals surface area contributed by atoms with Crippen molar-refractivity contribution in [3.63, 3.8) is 0 Å². The second-order valence-corrected chi connectivity index (χ2v) is 5.71. The Morgan fingerprint density at radius 2 is 1.65 bits per heavy atom. The van der Waals surface area contributed by atoms with Gasteiger partial charge in [0.2, 0.25) is 0 Å². The first kappa shape index (κ1) is 17.3. The molecule has 0 bridgehead atoms. The molecule has 0 N–H and O–H groups in total. The first-order chi connectivity index (χ1) is 11.1. The van der Waals surface area contributed by atoms with Crippen LogP contribution >= 0.6 is 15.9 Å². The Hall–Kier alpha value is -2.01. The molecule has 4 nitrogen and oxygen atoms in total. The first-order valence-electron chi connectivity index (χ1n) is 7.25. The molecular weight excluding hydrogens is 360 g/mol. The van der Waals surface area contributed by atoms with Crippen LogP contribution < -0.4 is 14.2 Å². The molecule has 0 aliphatic rings. The number of Topliss-reactive ketones (excluding diaryl/α,β-unsaturated/α-hetero) is 1. The summed E-state index contributed by atoms with van der Waals surface area (Å²) in [5, 5.41) is 0. The van der Waals surface area contributed by atoms with E-state index in [4.69, 9.17) is 14.2 Å². The Kier molecular flexibility index (Phi) is 6.04. The maximum absolute atomic E-state index is 12.5. The van der Waals surface area contributed by atoms with Gasteiger partial charge in [0.05, 0.1) is 20.8 Å². The van der Waals surface area contributed by atoms with Crippen molar-refractivity contribution in [2.45, 2.75) is 13.3 Å². The quantitative estimate of drug-likeness (QED) is 0.674. The summed E-state index contributed by atoms with van der Waals surface area (Å²) in [6.45, 7) is 2.53. The second-order valence-electron chi connectivity index (χ2n) is 4.86. The molecule has 0 aliphatic heterocycles. The molecule has 2 rings (SSSR count). The molecule has 0 aliphatic carbocycles. The third-order valence-electron chi connectivity index (χ3n) is 3.39. The molecular formula is C18H19BrO4. The van der Waals surface area contributed by atoms with Gasteiger partial charge in [0.25, 0.3) is 0 Å². The van der Waals surface area contributed by atoms with Gasteiger partial charge < -0.3 is 14.2 Å². The Bertz CT molecular complexity index is 680. The van der Waals surface area contributed by atoms with Crippen molar-refractivity contribution < 1.29 is 19.0 Å². The van der Waals surface area contributed by atoms with E-state index >= 15 is 0 Å². The minimum absolute atomic E-state index is 0.0287. The summed E-state index contributed by atoms with van der Waals surface area (Å²) in [7, 11) is 3.15. The third-order valence-corrected chi connectivity index (χ3v) is 4.13. The number of halogens is 1. The average Bonchev–Trinajstić information content (AvgIpc) is 2.57. The molecule has 0 saturated heterocycles. The number of ketones is 1. The lowest BCUT2D eigenvalue weighted by molar-refractivity contribution is 0.0992. The standard InChI is InChI=1S/C18H19BrO4/c1-4-23-14-7-5-12(6-8-14)16(20)9-13-10-17(21-2)18(22-3)11-15(13)19/h5-8,10-11H,4,9H2,1-3H3.